The highest BCUT2D eigenvalue weighted by Gasteiger charge is 2.23. The van der Waals surface area contributed by atoms with Crippen LogP contribution in [0.4, 0.5) is 0 Å². The van der Waals surface area contributed by atoms with Crippen LogP contribution in [-0.4, -0.2) is 31.1 Å². The molecular formula is C17H24N2S. The van der Waals surface area contributed by atoms with Crippen molar-refractivity contribution >= 4 is 21.4 Å². The van der Waals surface area contributed by atoms with Crippen LogP contribution >= 0.6 is 11.3 Å². The first-order valence-corrected chi connectivity index (χ1v) is 8.51. The van der Waals surface area contributed by atoms with E-state index < -0.39 is 0 Å². The smallest absolute Gasteiger partial charge is 0.0345 e. The first-order chi connectivity index (χ1) is 9.74. The average molecular weight is 288 g/mol. The Morgan fingerprint density at radius 2 is 2.25 bits per heavy atom. The van der Waals surface area contributed by atoms with Gasteiger partial charge in [0.25, 0.3) is 0 Å². The highest BCUT2D eigenvalue weighted by Crippen LogP contribution is 2.28. The number of rotatable bonds is 4. The monoisotopic (exact) mass is 288 g/mol. The van der Waals surface area contributed by atoms with Gasteiger partial charge in [0.1, 0.15) is 0 Å². The van der Waals surface area contributed by atoms with E-state index in [-0.39, 0.29) is 0 Å². The summed E-state index contributed by atoms with van der Waals surface area (Å²) in [7, 11) is 2.21. The first-order valence-electron chi connectivity index (χ1n) is 7.63. The van der Waals surface area contributed by atoms with Gasteiger partial charge in [0.2, 0.25) is 0 Å². The molecule has 2 nitrogen and oxygen atoms in total. The van der Waals surface area contributed by atoms with Gasteiger partial charge in [-0.3, -0.25) is 0 Å². The molecule has 2 atom stereocenters. The van der Waals surface area contributed by atoms with E-state index in [9.17, 15) is 0 Å². The highest BCUT2D eigenvalue weighted by atomic mass is 32.1. The maximum atomic E-state index is 6.45. The van der Waals surface area contributed by atoms with Crippen molar-refractivity contribution in [3.8, 4) is 0 Å². The van der Waals surface area contributed by atoms with Crippen molar-refractivity contribution in [2.24, 2.45) is 11.7 Å². The minimum Gasteiger partial charge on any atom is -0.327 e. The zero-order chi connectivity index (χ0) is 13.9. The Labute approximate surface area is 125 Å². The predicted octanol–water partition coefficient (Wildman–Crippen LogP) is 3.50. The number of hydrogen-bond donors (Lipinski definition) is 1. The van der Waals surface area contributed by atoms with Crippen LogP contribution in [0.5, 0.6) is 0 Å². The summed E-state index contributed by atoms with van der Waals surface area (Å²) in [6.07, 6.45) is 4.83. The molecule has 1 aliphatic heterocycles. The maximum absolute atomic E-state index is 6.45. The summed E-state index contributed by atoms with van der Waals surface area (Å²) in [5.74, 6) is 0.679. The molecule has 3 heteroatoms. The van der Waals surface area contributed by atoms with Crippen LogP contribution in [0.15, 0.2) is 29.6 Å². The zero-order valence-corrected chi connectivity index (χ0v) is 13.0. The van der Waals surface area contributed by atoms with Gasteiger partial charge >= 0.3 is 0 Å². The van der Waals surface area contributed by atoms with Gasteiger partial charge in [-0.05, 0) is 67.6 Å². The van der Waals surface area contributed by atoms with Gasteiger partial charge < -0.3 is 10.6 Å². The van der Waals surface area contributed by atoms with E-state index >= 15 is 0 Å². The molecule has 1 fully saturated rings. The molecule has 0 radical (unpaired) electrons. The van der Waals surface area contributed by atoms with Gasteiger partial charge in [0, 0.05) is 17.3 Å². The summed E-state index contributed by atoms with van der Waals surface area (Å²) in [6.45, 7) is 2.41. The van der Waals surface area contributed by atoms with E-state index in [4.69, 9.17) is 5.73 Å². The quantitative estimate of drug-likeness (QED) is 0.933. The Balaban J connectivity index is 1.61. The summed E-state index contributed by atoms with van der Waals surface area (Å²) in [5.41, 5.74) is 7.93. The molecule has 0 saturated carbocycles. The molecule has 0 spiro atoms. The predicted molar refractivity (Wildman–Crippen MR) is 88.3 cm³/mol. The van der Waals surface area contributed by atoms with Gasteiger partial charge in [-0.15, -0.1) is 11.3 Å². The Kier molecular flexibility index (Phi) is 4.39. The van der Waals surface area contributed by atoms with Crippen LogP contribution in [0.2, 0.25) is 0 Å². The number of nitrogens with two attached hydrogens (primary N) is 1. The molecule has 3 rings (SSSR count). The van der Waals surface area contributed by atoms with E-state index in [1.165, 1.54) is 41.6 Å². The second-order valence-corrected chi connectivity index (χ2v) is 7.04. The van der Waals surface area contributed by atoms with Crippen LogP contribution in [0.1, 0.15) is 24.8 Å². The van der Waals surface area contributed by atoms with Crippen molar-refractivity contribution in [3.05, 3.63) is 35.2 Å². The lowest BCUT2D eigenvalue weighted by Crippen LogP contribution is -2.42. The zero-order valence-electron chi connectivity index (χ0n) is 12.2. The summed E-state index contributed by atoms with van der Waals surface area (Å²) in [5, 5.41) is 3.73. The van der Waals surface area contributed by atoms with Crippen molar-refractivity contribution in [1.29, 1.82) is 0 Å². The van der Waals surface area contributed by atoms with Gasteiger partial charge in [-0.25, -0.2) is 0 Å². The largest absolute Gasteiger partial charge is 0.327 e. The third-order valence-corrected chi connectivity index (χ3v) is 5.59. The number of piperidine rings is 1. The topological polar surface area (TPSA) is 29.3 Å². The summed E-state index contributed by atoms with van der Waals surface area (Å²) in [4.78, 5) is 2.42. The van der Waals surface area contributed by atoms with Crippen molar-refractivity contribution in [2.75, 3.05) is 20.1 Å². The van der Waals surface area contributed by atoms with Gasteiger partial charge in [0.05, 0.1) is 0 Å². The SMILES string of the molecule is CN1CCCC(C(N)CCc2csc3ccccc23)C1. The fourth-order valence-corrected chi connectivity index (χ4v) is 4.34. The maximum Gasteiger partial charge on any atom is 0.0345 e. The molecule has 2 unspecified atom stereocenters. The lowest BCUT2D eigenvalue weighted by Gasteiger charge is -2.33. The average Bonchev–Trinajstić information content (AvgIpc) is 2.88. The van der Waals surface area contributed by atoms with Gasteiger partial charge in [-0.2, -0.15) is 0 Å². The first kappa shape index (κ1) is 14.1. The number of fused-ring (bicyclic) bond motifs is 1. The van der Waals surface area contributed by atoms with Crippen LogP contribution in [0.3, 0.4) is 0 Å². The third kappa shape index (κ3) is 3.05. The van der Waals surface area contributed by atoms with E-state index in [2.05, 4.69) is 41.6 Å². The van der Waals surface area contributed by atoms with Crippen LogP contribution in [0, 0.1) is 5.92 Å². The molecule has 2 aromatic rings. The molecular weight excluding hydrogens is 264 g/mol. The van der Waals surface area contributed by atoms with Crippen LogP contribution in [-0.2, 0) is 6.42 Å². The molecule has 0 aliphatic carbocycles. The second kappa shape index (κ2) is 6.25. The van der Waals surface area contributed by atoms with Crippen molar-refractivity contribution in [1.82, 2.24) is 4.90 Å². The normalized spacial score (nSPS) is 22.2. The minimum atomic E-state index is 0.344. The summed E-state index contributed by atoms with van der Waals surface area (Å²) in [6, 6.07) is 9.04. The molecule has 0 bridgehead atoms. The fourth-order valence-electron chi connectivity index (χ4n) is 3.34. The molecule has 1 aliphatic rings. The van der Waals surface area contributed by atoms with Gasteiger partial charge in [0.15, 0.2) is 0 Å². The number of hydrogen-bond acceptors (Lipinski definition) is 3. The Hall–Kier alpha value is -0.900. The van der Waals surface area contributed by atoms with Crippen molar-refractivity contribution in [3.63, 3.8) is 0 Å². The molecule has 2 N–H and O–H groups in total. The van der Waals surface area contributed by atoms with E-state index in [0.29, 0.717) is 12.0 Å². The van der Waals surface area contributed by atoms with Crippen molar-refractivity contribution < 1.29 is 0 Å². The van der Waals surface area contributed by atoms with Crippen molar-refractivity contribution in [2.45, 2.75) is 31.7 Å². The lowest BCUT2D eigenvalue weighted by molar-refractivity contribution is 0.184. The Morgan fingerprint density at radius 1 is 1.40 bits per heavy atom. The van der Waals surface area contributed by atoms with E-state index in [1.807, 2.05) is 11.3 Å². The van der Waals surface area contributed by atoms with Crippen LogP contribution in [0.25, 0.3) is 10.1 Å². The van der Waals surface area contributed by atoms with E-state index in [0.717, 1.165) is 12.8 Å². The summed E-state index contributed by atoms with van der Waals surface area (Å²) < 4.78 is 1.40. The number of thiophene rings is 1. The second-order valence-electron chi connectivity index (χ2n) is 6.12. The number of aryl methyl sites for hydroxylation is 1. The fraction of sp³-hybridized carbons (Fsp3) is 0.529. The lowest BCUT2D eigenvalue weighted by atomic mass is 9.88. The molecule has 1 aromatic carbocycles. The molecule has 20 heavy (non-hydrogen) atoms. The standard InChI is InChI=1S/C17H24N2S/c1-19-10-4-5-13(11-19)16(18)9-8-14-12-20-17-7-3-2-6-15(14)17/h2-3,6-7,12-13,16H,4-5,8-11,18H2,1H3. The highest BCUT2D eigenvalue weighted by molar-refractivity contribution is 7.17. The van der Waals surface area contributed by atoms with E-state index in [1.54, 1.807) is 0 Å². The van der Waals surface area contributed by atoms with Crippen LogP contribution < -0.4 is 5.73 Å². The molecule has 2 heterocycles. The molecule has 1 saturated heterocycles. The Bertz CT molecular complexity index is 563. The number of benzene rings is 1. The number of likely N-dealkylation sites (tertiary alicyclic amines) is 1. The molecule has 108 valence electrons. The minimum absolute atomic E-state index is 0.344. The molecule has 1 aromatic heterocycles. The molecule has 0 amide bonds. The van der Waals surface area contributed by atoms with Gasteiger partial charge in [-0.1, -0.05) is 18.2 Å². The third-order valence-electron chi connectivity index (χ3n) is 4.57. The summed E-state index contributed by atoms with van der Waals surface area (Å²) >= 11 is 1.85. The number of nitrogens with zero attached hydrogens (tertiary/aromatic N) is 1. The Morgan fingerprint density at radius 3 is 3.10 bits per heavy atom.